The second kappa shape index (κ2) is 7.55. The van der Waals surface area contributed by atoms with Crippen LogP contribution >= 0.6 is 23.2 Å². The van der Waals surface area contributed by atoms with Crippen molar-refractivity contribution in [1.29, 1.82) is 0 Å². The van der Waals surface area contributed by atoms with E-state index in [1.165, 1.54) is 38.5 Å². The third-order valence-electron chi connectivity index (χ3n) is 5.48. The summed E-state index contributed by atoms with van der Waals surface area (Å²) in [5, 5.41) is 0.701. The van der Waals surface area contributed by atoms with E-state index in [-0.39, 0.29) is 27.8 Å². The molecular weight excluding hydrogens is 465 g/mol. The van der Waals surface area contributed by atoms with Gasteiger partial charge in [-0.2, -0.15) is 0 Å². The highest BCUT2D eigenvalue weighted by Crippen LogP contribution is 2.50. The summed E-state index contributed by atoms with van der Waals surface area (Å²) < 4.78 is 37.7. The summed E-state index contributed by atoms with van der Waals surface area (Å²) in [5.41, 5.74) is 0.674. The van der Waals surface area contributed by atoms with Gasteiger partial charge < -0.3 is 14.4 Å². The minimum atomic E-state index is -4.32. The molecule has 0 aromatic heterocycles. The molecule has 0 saturated carbocycles. The van der Waals surface area contributed by atoms with Crippen LogP contribution in [0.1, 0.15) is 12.0 Å². The maximum absolute atomic E-state index is 13.6. The Morgan fingerprint density at radius 1 is 1.00 bits per heavy atom. The predicted octanol–water partition coefficient (Wildman–Crippen LogP) is 3.38. The first-order valence-corrected chi connectivity index (χ1v) is 11.4. The molecule has 0 spiro atoms. The van der Waals surface area contributed by atoms with Gasteiger partial charge in [0.25, 0.3) is 0 Å². The van der Waals surface area contributed by atoms with E-state index in [1.807, 2.05) is 0 Å². The van der Waals surface area contributed by atoms with Crippen LogP contribution in [0.15, 0.2) is 46.9 Å². The molecule has 162 valence electrons. The molecule has 7 nitrogen and oxygen atoms in total. The summed E-state index contributed by atoms with van der Waals surface area (Å²) in [6, 6.07) is 8.89. The van der Waals surface area contributed by atoms with E-state index < -0.39 is 32.8 Å². The SMILES string of the molecule is COc1ccc(Cl)cc1C=C1CN2C(=O)CC2(S(=O)(=O)c2ccc(Cl)cc2OC)C1=O. The largest absolute Gasteiger partial charge is 0.496 e. The highest BCUT2D eigenvalue weighted by molar-refractivity contribution is 7.94. The Balaban J connectivity index is 1.84. The number of benzene rings is 2. The molecule has 2 aliphatic heterocycles. The molecule has 2 heterocycles. The van der Waals surface area contributed by atoms with Gasteiger partial charge in [-0.15, -0.1) is 0 Å². The Bertz CT molecular complexity index is 1260. The van der Waals surface area contributed by atoms with Gasteiger partial charge in [-0.05, 0) is 36.4 Å². The zero-order chi connectivity index (χ0) is 22.6. The molecule has 0 bridgehead atoms. The van der Waals surface area contributed by atoms with Crippen molar-refractivity contribution in [1.82, 2.24) is 4.90 Å². The third kappa shape index (κ3) is 3.12. The average molecular weight is 482 g/mol. The molecule has 1 atom stereocenters. The minimum absolute atomic E-state index is 0.00270. The Labute approximate surface area is 189 Å². The summed E-state index contributed by atoms with van der Waals surface area (Å²) in [6.45, 7) is -0.136. The monoisotopic (exact) mass is 481 g/mol. The lowest BCUT2D eigenvalue weighted by Crippen LogP contribution is -2.67. The van der Waals surface area contributed by atoms with E-state index in [9.17, 15) is 18.0 Å². The fourth-order valence-corrected chi connectivity index (χ4v) is 6.45. The number of hydrogen-bond donors (Lipinski definition) is 0. The fourth-order valence-electron chi connectivity index (χ4n) is 3.94. The number of hydrogen-bond acceptors (Lipinski definition) is 6. The number of ether oxygens (including phenoxy) is 2. The van der Waals surface area contributed by atoms with Gasteiger partial charge in [0.2, 0.25) is 26.4 Å². The van der Waals surface area contributed by atoms with Crippen LogP contribution in [0.3, 0.4) is 0 Å². The van der Waals surface area contributed by atoms with Crippen LogP contribution in [-0.2, 0) is 19.4 Å². The van der Waals surface area contributed by atoms with Crippen LogP contribution in [-0.4, -0.2) is 50.6 Å². The molecule has 10 heteroatoms. The summed E-state index contributed by atoms with van der Waals surface area (Å²) >= 11 is 12.0. The number of Topliss-reactive ketones (excluding diaryl/α,β-unsaturated/α-hetero) is 1. The molecule has 2 aromatic carbocycles. The molecular formula is C21H17Cl2NO6S. The molecule has 1 unspecified atom stereocenters. The van der Waals surface area contributed by atoms with Gasteiger partial charge in [0, 0.05) is 27.2 Å². The van der Waals surface area contributed by atoms with Gasteiger partial charge in [-0.25, -0.2) is 8.42 Å². The Morgan fingerprint density at radius 2 is 1.65 bits per heavy atom. The Morgan fingerprint density at radius 3 is 2.29 bits per heavy atom. The molecule has 2 fully saturated rings. The number of ketones is 1. The fraction of sp³-hybridized carbons (Fsp3) is 0.238. The molecule has 2 aliphatic rings. The maximum atomic E-state index is 13.6. The maximum Gasteiger partial charge on any atom is 0.228 e. The zero-order valence-corrected chi connectivity index (χ0v) is 18.8. The van der Waals surface area contributed by atoms with E-state index in [1.54, 1.807) is 18.2 Å². The summed E-state index contributed by atoms with van der Waals surface area (Å²) in [5.74, 6) is -0.623. The minimum Gasteiger partial charge on any atom is -0.496 e. The van der Waals surface area contributed by atoms with Gasteiger partial charge in [0.15, 0.2) is 0 Å². The molecule has 1 amide bonds. The van der Waals surface area contributed by atoms with Crippen LogP contribution in [0.25, 0.3) is 6.08 Å². The first-order valence-electron chi connectivity index (χ1n) is 9.13. The second-order valence-electron chi connectivity index (χ2n) is 7.12. The molecule has 2 aromatic rings. The normalized spacial score (nSPS) is 21.8. The van der Waals surface area contributed by atoms with Gasteiger partial charge in [-0.3, -0.25) is 9.59 Å². The molecule has 2 saturated heterocycles. The lowest BCUT2D eigenvalue weighted by Gasteiger charge is -2.44. The standard InChI is InChI=1S/C21H17Cl2NO6S/c1-29-16-5-3-14(22)8-12(16)7-13-11-24-19(25)10-21(24,20(13)26)31(27,28)18-6-4-15(23)9-17(18)30-2/h3-9H,10-11H2,1-2H3. The topological polar surface area (TPSA) is 90.0 Å². The number of amides is 1. The van der Waals surface area contributed by atoms with E-state index >= 15 is 0 Å². The van der Waals surface area contributed by atoms with Gasteiger partial charge in [0.05, 0.1) is 27.2 Å². The lowest BCUT2D eigenvalue weighted by atomic mass is 9.99. The summed E-state index contributed by atoms with van der Waals surface area (Å²) in [6.07, 6.45) is 1.07. The highest BCUT2D eigenvalue weighted by atomic mass is 35.5. The lowest BCUT2D eigenvalue weighted by molar-refractivity contribution is -0.150. The molecule has 0 radical (unpaired) electrons. The molecule has 31 heavy (non-hydrogen) atoms. The number of sulfone groups is 1. The van der Waals surface area contributed by atoms with Crippen molar-refractivity contribution >= 4 is 50.8 Å². The number of β-lactam (4-membered cyclic amide) rings is 1. The smallest absolute Gasteiger partial charge is 0.228 e. The van der Waals surface area contributed by atoms with Crippen LogP contribution < -0.4 is 9.47 Å². The zero-order valence-electron chi connectivity index (χ0n) is 16.5. The third-order valence-corrected chi connectivity index (χ3v) is 8.31. The number of methoxy groups -OCH3 is 2. The van der Waals surface area contributed by atoms with Gasteiger partial charge in [0.1, 0.15) is 16.4 Å². The molecule has 4 rings (SSSR count). The van der Waals surface area contributed by atoms with E-state index in [2.05, 4.69) is 0 Å². The number of fused-ring (bicyclic) bond motifs is 1. The highest BCUT2D eigenvalue weighted by Gasteiger charge is 2.70. The van der Waals surface area contributed by atoms with Crippen molar-refractivity contribution in [3.63, 3.8) is 0 Å². The van der Waals surface area contributed by atoms with Crippen LogP contribution in [0.5, 0.6) is 11.5 Å². The molecule has 0 aliphatic carbocycles. The van der Waals surface area contributed by atoms with Crippen molar-refractivity contribution in [3.8, 4) is 11.5 Å². The summed E-state index contributed by atoms with van der Waals surface area (Å²) in [7, 11) is -1.54. The van der Waals surface area contributed by atoms with Gasteiger partial charge in [-0.1, -0.05) is 23.2 Å². The number of nitrogens with zero attached hydrogens (tertiary/aromatic N) is 1. The van der Waals surface area contributed by atoms with Crippen LogP contribution in [0, 0.1) is 0 Å². The number of carbonyl (C=O) groups excluding carboxylic acids is 2. The first kappa shape index (κ1) is 21.7. The summed E-state index contributed by atoms with van der Waals surface area (Å²) in [4.78, 5) is 24.6. The predicted molar refractivity (Wildman–Crippen MR) is 115 cm³/mol. The second-order valence-corrected chi connectivity index (χ2v) is 10.1. The number of rotatable bonds is 5. The number of halogens is 2. The van der Waals surface area contributed by atoms with Crippen molar-refractivity contribution < 1.29 is 27.5 Å². The van der Waals surface area contributed by atoms with Crippen LogP contribution in [0.4, 0.5) is 0 Å². The number of carbonyl (C=O) groups is 2. The average Bonchev–Trinajstić information content (AvgIpc) is 2.95. The van der Waals surface area contributed by atoms with Crippen LogP contribution in [0.2, 0.25) is 10.0 Å². The van der Waals surface area contributed by atoms with Crippen molar-refractivity contribution in [2.24, 2.45) is 0 Å². The van der Waals surface area contributed by atoms with E-state index in [0.717, 1.165) is 4.90 Å². The van der Waals surface area contributed by atoms with Crippen molar-refractivity contribution in [3.05, 3.63) is 57.6 Å². The quantitative estimate of drug-likeness (QED) is 0.480. The van der Waals surface area contributed by atoms with Gasteiger partial charge >= 0.3 is 0 Å². The van der Waals surface area contributed by atoms with Crippen molar-refractivity contribution in [2.45, 2.75) is 16.2 Å². The Hall–Kier alpha value is -2.55. The first-order chi connectivity index (χ1) is 14.7. The molecule has 0 N–H and O–H groups in total. The van der Waals surface area contributed by atoms with E-state index in [4.69, 9.17) is 32.7 Å². The van der Waals surface area contributed by atoms with Crippen molar-refractivity contribution in [2.75, 3.05) is 20.8 Å². The Kier molecular flexibility index (Phi) is 5.28. The van der Waals surface area contributed by atoms with E-state index in [0.29, 0.717) is 16.3 Å².